The third-order valence-electron chi connectivity index (χ3n) is 7.35. The molecule has 0 spiro atoms. The monoisotopic (exact) mass is 516 g/mol. The van der Waals surface area contributed by atoms with E-state index < -0.39 is 6.04 Å². The Hall–Kier alpha value is -3.67. The minimum Gasteiger partial charge on any atom is -0.483 e. The average molecular weight is 517 g/mol. The number of carbonyl (C=O) groups excluding carboxylic acids is 2. The molecule has 38 heavy (non-hydrogen) atoms. The number of nitrogens with one attached hydrogen (secondary N) is 1. The van der Waals surface area contributed by atoms with Crippen molar-refractivity contribution in [2.45, 2.75) is 71.5 Å². The predicted octanol–water partition coefficient (Wildman–Crippen LogP) is 5.83. The SMILES string of the molecule is Cc1cc(C)c(C)c(OCC(=O)N(Cc2ccc(F)cc2)[C@@H](Cc2ccccc2)C(=O)NC2CCCC2)c1. The summed E-state index contributed by atoms with van der Waals surface area (Å²) in [4.78, 5) is 29.1. The zero-order valence-corrected chi connectivity index (χ0v) is 22.5. The second-order valence-electron chi connectivity index (χ2n) is 10.3. The standard InChI is InChI=1S/C32H37FN2O3/c1-22-17-23(2)24(3)30(18-22)38-21-31(36)35(20-26-13-15-27(33)16-14-26)29(19-25-9-5-4-6-10-25)32(37)34-28-11-7-8-12-28/h4-6,9-10,13-18,28-29H,7-8,11-12,19-21H2,1-3H3,(H,34,37)/t29-/m0/s1. The van der Waals surface area contributed by atoms with Crippen LogP contribution in [0.1, 0.15) is 53.5 Å². The number of nitrogens with zero attached hydrogens (tertiary/aromatic N) is 1. The van der Waals surface area contributed by atoms with Crippen molar-refractivity contribution in [1.29, 1.82) is 0 Å². The van der Waals surface area contributed by atoms with Gasteiger partial charge in [-0.05, 0) is 79.6 Å². The van der Waals surface area contributed by atoms with Crippen LogP contribution < -0.4 is 10.1 Å². The smallest absolute Gasteiger partial charge is 0.261 e. The van der Waals surface area contributed by atoms with Gasteiger partial charge in [0.15, 0.2) is 6.61 Å². The average Bonchev–Trinajstić information content (AvgIpc) is 3.42. The molecule has 200 valence electrons. The van der Waals surface area contributed by atoms with Gasteiger partial charge in [-0.25, -0.2) is 4.39 Å². The van der Waals surface area contributed by atoms with Crippen molar-refractivity contribution in [3.05, 3.63) is 100 Å². The van der Waals surface area contributed by atoms with Gasteiger partial charge in [-0.1, -0.05) is 61.4 Å². The lowest BCUT2D eigenvalue weighted by Crippen LogP contribution is -2.53. The summed E-state index contributed by atoms with van der Waals surface area (Å²) in [5.41, 5.74) is 4.83. The molecule has 1 fully saturated rings. The molecule has 3 aromatic rings. The minimum absolute atomic E-state index is 0.123. The molecular weight excluding hydrogens is 479 g/mol. The van der Waals surface area contributed by atoms with Crippen LogP contribution >= 0.6 is 0 Å². The van der Waals surface area contributed by atoms with E-state index in [1.807, 2.05) is 57.2 Å². The summed E-state index contributed by atoms with van der Waals surface area (Å²) in [6.45, 7) is 5.95. The zero-order valence-electron chi connectivity index (χ0n) is 22.5. The molecule has 1 N–H and O–H groups in total. The van der Waals surface area contributed by atoms with Gasteiger partial charge in [0.1, 0.15) is 17.6 Å². The van der Waals surface area contributed by atoms with E-state index in [1.54, 1.807) is 17.0 Å². The van der Waals surface area contributed by atoms with Crippen LogP contribution in [0.5, 0.6) is 5.75 Å². The predicted molar refractivity (Wildman–Crippen MR) is 147 cm³/mol. The molecule has 0 radical (unpaired) electrons. The quantitative estimate of drug-likeness (QED) is 0.369. The molecule has 5 nitrogen and oxygen atoms in total. The largest absolute Gasteiger partial charge is 0.483 e. The van der Waals surface area contributed by atoms with Crippen LogP contribution in [0.2, 0.25) is 0 Å². The van der Waals surface area contributed by atoms with Crippen LogP contribution in [0.3, 0.4) is 0 Å². The van der Waals surface area contributed by atoms with E-state index in [-0.39, 0.29) is 36.8 Å². The first-order valence-corrected chi connectivity index (χ1v) is 13.4. The highest BCUT2D eigenvalue weighted by molar-refractivity contribution is 5.88. The van der Waals surface area contributed by atoms with Gasteiger partial charge in [0.2, 0.25) is 5.91 Å². The molecule has 0 unspecified atom stereocenters. The Morgan fingerprint density at radius 3 is 2.34 bits per heavy atom. The van der Waals surface area contributed by atoms with Gasteiger partial charge >= 0.3 is 0 Å². The molecule has 1 saturated carbocycles. The molecule has 2 amide bonds. The summed E-state index contributed by atoms with van der Waals surface area (Å²) in [6.07, 6.45) is 4.45. The molecule has 1 atom stereocenters. The number of benzene rings is 3. The molecule has 0 saturated heterocycles. The molecule has 0 bridgehead atoms. The van der Waals surface area contributed by atoms with Crippen molar-refractivity contribution >= 4 is 11.8 Å². The number of aryl methyl sites for hydroxylation is 2. The third kappa shape index (κ3) is 7.21. The second kappa shape index (κ2) is 12.7. The number of carbonyl (C=O) groups is 2. The fourth-order valence-electron chi connectivity index (χ4n) is 5.08. The maximum atomic E-state index is 13.8. The van der Waals surface area contributed by atoms with E-state index >= 15 is 0 Å². The van der Waals surface area contributed by atoms with Gasteiger partial charge < -0.3 is 15.0 Å². The van der Waals surface area contributed by atoms with Gasteiger partial charge in [-0.15, -0.1) is 0 Å². The van der Waals surface area contributed by atoms with Crippen LogP contribution in [-0.2, 0) is 22.6 Å². The van der Waals surface area contributed by atoms with Crippen LogP contribution in [-0.4, -0.2) is 35.4 Å². The number of rotatable bonds is 10. The fourth-order valence-corrected chi connectivity index (χ4v) is 5.08. The lowest BCUT2D eigenvalue weighted by Gasteiger charge is -2.32. The summed E-state index contributed by atoms with van der Waals surface area (Å²) in [6, 6.07) is 19.2. The Kier molecular flexibility index (Phi) is 9.16. The zero-order chi connectivity index (χ0) is 27.1. The first-order chi connectivity index (χ1) is 18.3. The summed E-state index contributed by atoms with van der Waals surface area (Å²) < 4.78 is 19.7. The van der Waals surface area contributed by atoms with Gasteiger partial charge in [-0.3, -0.25) is 9.59 Å². The molecule has 0 aliphatic heterocycles. The van der Waals surface area contributed by atoms with Gasteiger partial charge in [-0.2, -0.15) is 0 Å². The van der Waals surface area contributed by atoms with Crippen LogP contribution in [0.25, 0.3) is 0 Å². The molecule has 3 aromatic carbocycles. The lowest BCUT2D eigenvalue weighted by molar-refractivity contribution is -0.143. The maximum absolute atomic E-state index is 13.8. The second-order valence-corrected chi connectivity index (χ2v) is 10.3. The third-order valence-corrected chi connectivity index (χ3v) is 7.35. The van der Waals surface area contributed by atoms with Crippen LogP contribution in [0.4, 0.5) is 4.39 Å². The van der Waals surface area contributed by atoms with Gasteiger partial charge in [0, 0.05) is 19.0 Å². The van der Waals surface area contributed by atoms with E-state index in [0.29, 0.717) is 12.2 Å². The Morgan fingerprint density at radius 2 is 1.66 bits per heavy atom. The van der Waals surface area contributed by atoms with E-state index in [2.05, 4.69) is 11.4 Å². The van der Waals surface area contributed by atoms with Crippen molar-refractivity contribution in [1.82, 2.24) is 10.2 Å². The molecule has 0 aromatic heterocycles. The highest BCUT2D eigenvalue weighted by atomic mass is 19.1. The van der Waals surface area contributed by atoms with E-state index in [4.69, 9.17) is 4.74 Å². The number of halogens is 1. The first-order valence-electron chi connectivity index (χ1n) is 13.4. The first kappa shape index (κ1) is 27.4. The molecule has 4 rings (SSSR count). The summed E-state index contributed by atoms with van der Waals surface area (Å²) in [5.74, 6) is -0.151. The van der Waals surface area contributed by atoms with Crippen molar-refractivity contribution < 1.29 is 18.7 Å². The van der Waals surface area contributed by atoms with Crippen molar-refractivity contribution in [3.63, 3.8) is 0 Å². The minimum atomic E-state index is -0.737. The molecular formula is C32H37FN2O3. The van der Waals surface area contributed by atoms with E-state index in [9.17, 15) is 14.0 Å². The normalized spacial score (nSPS) is 14.2. The Labute approximate surface area is 225 Å². The molecule has 6 heteroatoms. The Balaban J connectivity index is 1.63. The summed E-state index contributed by atoms with van der Waals surface area (Å²) >= 11 is 0. The van der Waals surface area contributed by atoms with E-state index in [1.165, 1.54) is 12.1 Å². The van der Waals surface area contributed by atoms with Gasteiger partial charge in [0.25, 0.3) is 5.91 Å². The van der Waals surface area contributed by atoms with Gasteiger partial charge in [0.05, 0.1) is 0 Å². The topological polar surface area (TPSA) is 58.6 Å². The lowest BCUT2D eigenvalue weighted by atomic mass is 10.0. The summed E-state index contributed by atoms with van der Waals surface area (Å²) in [7, 11) is 0. The van der Waals surface area contributed by atoms with Crippen molar-refractivity contribution in [2.75, 3.05) is 6.61 Å². The van der Waals surface area contributed by atoms with Crippen molar-refractivity contribution in [2.24, 2.45) is 0 Å². The fraction of sp³-hybridized carbons (Fsp3) is 0.375. The number of hydrogen-bond donors (Lipinski definition) is 1. The number of amides is 2. The van der Waals surface area contributed by atoms with Crippen molar-refractivity contribution in [3.8, 4) is 5.75 Å². The molecule has 1 aliphatic carbocycles. The van der Waals surface area contributed by atoms with Crippen LogP contribution in [0.15, 0.2) is 66.7 Å². The Bertz CT molecular complexity index is 1240. The maximum Gasteiger partial charge on any atom is 0.261 e. The Morgan fingerprint density at radius 1 is 0.974 bits per heavy atom. The highest BCUT2D eigenvalue weighted by Crippen LogP contribution is 2.24. The number of hydrogen-bond acceptors (Lipinski definition) is 3. The van der Waals surface area contributed by atoms with Crippen LogP contribution in [0, 0.1) is 26.6 Å². The van der Waals surface area contributed by atoms with E-state index in [0.717, 1.165) is 53.5 Å². The highest BCUT2D eigenvalue weighted by Gasteiger charge is 2.32. The summed E-state index contributed by atoms with van der Waals surface area (Å²) in [5, 5.41) is 3.19. The molecule has 0 heterocycles. The number of ether oxygens (including phenoxy) is 1. The molecule has 1 aliphatic rings.